The van der Waals surface area contributed by atoms with Gasteiger partial charge in [0.05, 0.1) is 11.0 Å². The molecule has 0 aliphatic rings. The van der Waals surface area contributed by atoms with E-state index in [1.54, 1.807) is 0 Å². The van der Waals surface area contributed by atoms with Gasteiger partial charge in [-0.2, -0.15) is 0 Å². The van der Waals surface area contributed by atoms with Crippen molar-refractivity contribution >= 4 is 16.3 Å². The Morgan fingerprint density at radius 2 is 2.42 bits per heavy atom. The molecule has 0 aliphatic heterocycles. The molecule has 0 amide bonds. The van der Waals surface area contributed by atoms with Crippen LogP contribution in [0.3, 0.4) is 0 Å². The minimum absolute atomic E-state index is 0.00565. The molecule has 1 heterocycles. The van der Waals surface area contributed by atoms with Gasteiger partial charge in [-0.05, 0) is 6.07 Å². The molecule has 1 aromatic rings. The largest absolute Gasteiger partial charge is 0.324 e. The zero-order valence-electron chi connectivity index (χ0n) is 6.07. The average Bonchev–Trinajstić information content (AvgIpc) is 2.51. The summed E-state index contributed by atoms with van der Waals surface area (Å²) in [6.07, 6.45) is 0. The Morgan fingerprint density at radius 1 is 1.75 bits per heavy atom. The van der Waals surface area contributed by atoms with Crippen molar-refractivity contribution in [1.29, 1.82) is 0 Å². The number of thiophene rings is 1. The topological polar surface area (TPSA) is 69.2 Å². The maximum Gasteiger partial charge on any atom is 0.324 e. The first-order valence-electron chi connectivity index (χ1n) is 3.21. The molecule has 66 valence electrons. The summed E-state index contributed by atoms with van der Waals surface area (Å²) >= 11 is 0.910. The second kappa shape index (κ2) is 3.59. The molecule has 2 N–H and O–H groups in total. The first-order chi connectivity index (χ1) is 5.65. The van der Waals surface area contributed by atoms with E-state index >= 15 is 0 Å². The Labute approximate surface area is 72.0 Å². The number of alkyl halides is 1. The second-order valence-corrected chi connectivity index (χ2v) is 3.29. The summed E-state index contributed by atoms with van der Waals surface area (Å²) in [5.74, 6) is 0. The van der Waals surface area contributed by atoms with Crippen LogP contribution in [0.25, 0.3) is 0 Å². The zero-order chi connectivity index (χ0) is 9.14. The number of nitrogens with two attached hydrogens (primary N) is 1. The van der Waals surface area contributed by atoms with Crippen molar-refractivity contribution in [2.24, 2.45) is 5.73 Å². The van der Waals surface area contributed by atoms with E-state index in [0.717, 1.165) is 11.3 Å². The highest BCUT2D eigenvalue weighted by molar-refractivity contribution is 7.15. The number of nitrogens with zero attached hydrogens (tertiary/aromatic N) is 1. The van der Waals surface area contributed by atoms with Crippen LogP contribution in [0.4, 0.5) is 9.39 Å². The van der Waals surface area contributed by atoms with Crippen molar-refractivity contribution in [2.45, 2.75) is 6.04 Å². The van der Waals surface area contributed by atoms with Gasteiger partial charge in [-0.25, -0.2) is 4.39 Å². The Bertz CT molecular complexity index is 289. The highest BCUT2D eigenvalue weighted by atomic mass is 32.1. The standard InChI is InChI=1S/C6H7FN2O2S/c7-3-4(8)5-1-2-6(12-5)9(10)11/h1-2,4H,3,8H2/t4-/m0/s1. The van der Waals surface area contributed by atoms with Gasteiger partial charge in [0.1, 0.15) is 6.67 Å². The molecule has 0 radical (unpaired) electrons. The quantitative estimate of drug-likeness (QED) is 0.581. The molecule has 0 spiro atoms. The summed E-state index contributed by atoms with van der Waals surface area (Å²) in [6, 6.07) is 2.08. The van der Waals surface area contributed by atoms with Crippen molar-refractivity contribution in [3.63, 3.8) is 0 Å². The minimum Gasteiger partial charge on any atom is -0.321 e. The van der Waals surface area contributed by atoms with Crippen LogP contribution in [0.1, 0.15) is 10.9 Å². The SMILES string of the molecule is N[C@@H](CF)c1ccc([N+](=O)[O-])s1. The molecular weight excluding hydrogens is 183 g/mol. The lowest BCUT2D eigenvalue weighted by atomic mass is 10.3. The molecule has 6 heteroatoms. The lowest BCUT2D eigenvalue weighted by Gasteiger charge is -1.99. The fourth-order valence-corrected chi connectivity index (χ4v) is 1.52. The first-order valence-corrected chi connectivity index (χ1v) is 4.02. The van der Waals surface area contributed by atoms with Gasteiger partial charge in [0.15, 0.2) is 0 Å². The zero-order valence-corrected chi connectivity index (χ0v) is 6.88. The smallest absolute Gasteiger partial charge is 0.321 e. The van der Waals surface area contributed by atoms with Gasteiger partial charge < -0.3 is 5.73 Å². The summed E-state index contributed by atoms with van der Waals surface area (Å²) in [4.78, 5) is 10.2. The van der Waals surface area contributed by atoms with Crippen LogP contribution >= 0.6 is 11.3 Å². The lowest BCUT2D eigenvalue weighted by Crippen LogP contribution is -2.09. The molecule has 0 fully saturated rings. The van der Waals surface area contributed by atoms with Crippen LogP contribution < -0.4 is 5.73 Å². The molecule has 12 heavy (non-hydrogen) atoms. The van der Waals surface area contributed by atoms with Gasteiger partial charge in [0.2, 0.25) is 0 Å². The van der Waals surface area contributed by atoms with Crippen molar-refractivity contribution in [3.05, 3.63) is 27.1 Å². The van der Waals surface area contributed by atoms with Gasteiger partial charge in [-0.15, -0.1) is 0 Å². The predicted molar refractivity (Wildman–Crippen MR) is 43.9 cm³/mol. The molecule has 0 saturated carbocycles. The highest BCUT2D eigenvalue weighted by Gasteiger charge is 2.14. The van der Waals surface area contributed by atoms with Gasteiger partial charge in [-0.3, -0.25) is 10.1 Å². The van der Waals surface area contributed by atoms with Crippen LogP contribution in [-0.2, 0) is 0 Å². The number of halogens is 1. The summed E-state index contributed by atoms with van der Waals surface area (Å²) in [5.41, 5.74) is 5.32. The number of hydrogen-bond donors (Lipinski definition) is 1. The molecule has 0 aromatic carbocycles. The van der Waals surface area contributed by atoms with Crippen molar-refractivity contribution in [2.75, 3.05) is 6.67 Å². The number of rotatable bonds is 3. The van der Waals surface area contributed by atoms with Crippen LogP contribution in [-0.4, -0.2) is 11.6 Å². The van der Waals surface area contributed by atoms with Crippen LogP contribution in [0.5, 0.6) is 0 Å². The van der Waals surface area contributed by atoms with E-state index in [9.17, 15) is 14.5 Å². The molecule has 1 atom stereocenters. The maximum absolute atomic E-state index is 12.0. The summed E-state index contributed by atoms with van der Waals surface area (Å²) in [7, 11) is 0. The van der Waals surface area contributed by atoms with Gasteiger partial charge in [0, 0.05) is 10.9 Å². The fourth-order valence-electron chi connectivity index (χ4n) is 0.716. The highest BCUT2D eigenvalue weighted by Crippen LogP contribution is 2.27. The molecule has 1 aromatic heterocycles. The van der Waals surface area contributed by atoms with Gasteiger partial charge in [0.25, 0.3) is 0 Å². The lowest BCUT2D eigenvalue weighted by molar-refractivity contribution is -0.380. The van der Waals surface area contributed by atoms with E-state index in [2.05, 4.69) is 0 Å². The van der Waals surface area contributed by atoms with Crippen molar-refractivity contribution in [1.82, 2.24) is 0 Å². The monoisotopic (exact) mass is 190 g/mol. The molecule has 0 aliphatic carbocycles. The fraction of sp³-hybridized carbons (Fsp3) is 0.333. The molecule has 0 saturated heterocycles. The third kappa shape index (κ3) is 1.77. The van der Waals surface area contributed by atoms with E-state index in [0.29, 0.717) is 4.88 Å². The predicted octanol–water partition coefficient (Wildman–Crippen LogP) is 1.63. The Hall–Kier alpha value is -1.01. The van der Waals surface area contributed by atoms with E-state index < -0.39 is 17.6 Å². The van der Waals surface area contributed by atoms with Crippen LogP contribution in [0.2, 0.25) is 0 Å². The van der Waals surface area contributed by atoms with E-state index in [1.807, 2.05) is 0 Å². The van der Waals surface area contributed by atoms with Crippen LogP contribution in [0, 0.1) is 10.1 Å². The normalized spacial score (nSPS) is 12.8. The Morgan fingerprint density at radius 3 is 2.83 bits per heavy atom. The molecule has 0 unspecified atom stereocenters. The third-order valence-electron chi connectivity index (χ3n) is 1.32. The van der Waals surface area contributed by atoms with E-state index in [1.165, 1.54) is 12.1 Å². The molecular formula is C6H7FN2O2S. The summed E-state index contributed by atoms with van der Waals surface area (Å²) in [6.45, 7) is -0.697. The average molecular weight is 190 g/mol. The molecule has 1 rings (SSSR count). The van der Waals surface area contributed by atoms with Gasteiger partial charge >= 0.3 is 5.00 Å². The number of hydrogen-bond acceptors (Lipinski definition) is 4. The summed E-state index contributed by atoms with van der Waals surface area (Å²) in [5, 5.41) is 10.2. The van der Waals surface area contributed by atoms with Crippen molar-refractivity contribution < 1.29 is 9.31 Å². The Balaban J connectivity index is 2.84. The Kier molecular flexibility index (Phi) is 2.72. The van der Waals surface area contributed by atoms with Crippen molar-refractivity contribution in [3.8, 4) is 0 Å². The van der Waals surface area contributed by atoms with Crippen LogP contribution in [0.15, 0.2) is 12.1 Å². The van der Waals surface area contributed by atoms with E-state index in [-0.39, 0.29) is 5.00 Å². The third-order valence-corrected chi connectivity index (χ3v) is 2.49. The maximum atomic E-state index is 12.0. The molecule has 0 bridgehead atoms. The number of nitro groups is 1. The minimum atomic E-state index is -0.733. The second-order valence-electron chi connectivity index (χ2n) is 2.19. The first kappa shape index (κ1) is 9.08. The summed E-state index contributed by atoms with van der Waals surface area (Å²) < 4.78 is 12.0. The van der Waals surface area contributed by atoms with E-state index in [4.69, 9.17) is 5.73 Å². The van der Waals surface area contributed by atoms with Gasteiger partial charge in [-0.1, -0.05) is 11.3 Å². The molecule has 4 nitrogen and oxygen atoms in total.